The lowest BCUT2D eigenvalue weighted by Gasteiger charge is -2.36. The van der Waals surface area contributed by atoms with Crippen molar-refractivity contribution < 1.29 is 32.5 Å². The summed E-state index contributed by atoms with van der Waals surface area (Å²) in [6.45, 7) is 7.00. The number of aliphatic carboxylic acids is 1. The highest BCUT2D eigenvalue weighted by Crippen LogP contribution is 2.53. The van der Waals surface area contributed by atoms with Crippen molar-refractivity contribution in [3.8, 4) is 17.6 Å². The Morgan fingerprint density at radius 1 is 1.30 bits per heavy atom. The molecule has 37 heavy (non-hydrogen) atoms. The number of fused-ring (bicyclic) bond motifs is 1. The lowest BCUT2D eigenvalue weighted by molar-refractivity contribution is -0.164. The first-order valence-corrected chi connectivity index (χ1v) is 13.5. The molecule has 1 aromatic heterocycles. The number of carbonyl (C=O) groups is 1. The molecule has 1 aromatic carbocycles. The van der Waals surface area contributed by atoms with E-state index in [9.17, 15) is 18.3 Å². The molecule has 2 atom stereocenters. The molecule has 2 heterocycles. The third-order valence-electron chi connectivity index (χ3n) is 6.05. The second-order valence-electron chi connectivity index (χ2n) is 10.2. The van der Waals surface area contributed by atoms with Crippen LogP contribution >= 0.6 is 0 Å². The molecule has 0 saturated heterocycles. The van der Waals surface area contributed by atoms with Crippen molar-refractivity contribution >= 4 is 21.7 Å². The van der Waals surface area contributed by atoms with E-state index in [-0.39, 0.29) is 23.1 Å². The van der Waals surface area contributed by atoms with Gasteiger partial charge in [-0.1, -0.05) is 26.8 Å². The van der Waals surface area contributed by atoms with E-state index in [1.165, 1.54) is 25.3 Å². The minimum atomic E-state index is -3.83. The lowest BCUT2D eigenvalue weighted by Crippen LogP contribution is -2.59. The van der Waals surface area contributed by atoms with Crippen LogP contribution in [0.4, 0.5) is 5.69 Å². The maximum atomic E-state index is 12.6. The second-order valence-corrected chi connectivity index (χ2v) is 12.0. The van der Waals surface area contributed by atoms with Gasteiger partial charge in [-0.05, 0) is 31.1 Å². The molecule has 0 amide bonds. The highest BCUT2D eigenvalue weighted by molar-refractivity contribution is 7.88. The Morgan fingerprint density at radius 3 is 2.51 bits per heavy atom. The number of hydrogen-bond donors (Lipinski definition) is 2. The predicted molar refractivity (Wildman–Crippen MR) is 138 cm³/mol. The van der Waals surface area contributed by atoms with Crippen LogP contribution in [0.2, 0.25) is 0 Å². The Kier molecular flexibility index (Phi) is 8.03. The number of benzene rings is 1. The number of carboxylic acids is 1. The van der Waals surface area contributed by atoms with Gasteiger partial charge in [-0.3, -0.25) is 0 Å². The molecular formula is C24H35N5O7S. The molecule has 2 aromatic rings. The summed E-state index contributed by atoms with van der Waals surface area (Å²) in [6, 6.07) is 3.99. The van der Waals surface area contributed by atoms with Crippen LogP contribution in [0.3, 0.4) is 0 Å². The number of sulfonamides is 1. The van der Waals surface area contributed by atoms with E-state index in [1.54, 1.807) is 18.2 Å². The third kappa shape index (κ3) is 5.95. The minimum Gasteiger partial charge on any atom is -0.478 e. The van der Waals surface area contributed by atoms with Crippen LogP contribution in [-0.2, 0) is 25.0 Å². The van der Waals surface area contributed by atoms with Gasteiger partial charge >= 0.3 is 12.0 Å². The van der Waals surface area contributed by atoms with Crippen molar-refractivity contribution in [2.24, 2.45) is 0 Å². The Morgan fingerprint density at radius 2 is 1.97 bits per heavy atom. The largest absolute Gasteiger partial charge is 0.478 e. The van der Waals surface area contributed by atoms with Crippen LogP contribution in [-0.4, -0.2) is 87.7 Å². The zero-order valence-corrected chi connectivity index (χ0v) is 23.2. The van der Waals surface area contributed by atoms with E-state index < -0.39 is 27.8 Å². The van der Waals surface area contributed by atoms with Crippen LogP contribution in [0.25, 0.3) is 0 Å². The van der Waals surface area contributed by atoms with Crippen LogP contribution in [0.5, 0.6) is 17.6 Å². The molecule has 0 spiro atoms. The van der Waals surface area contributed by atoms with Gasteiger partial charge in [-0.2, -0.15) is 4.98 Å². The minimum absolute atomic E-state index is 0.129. The summed E-state index contributed by atoms with van der Waals surface area (Å²) in [4.78, 5) is 24.4. The van der Waals surface area contributed by atoms with E-state index >= 15 is 0 Å². The van der Waals surface area contributed by atoms with Crippen LogP contribution in [0.15, 0.2) is 24.4 Å². The Labute approximate surface area is 217 Å². The SMILES string of the molecule is COC1(C(=O)O)C(NS(C)(=O)=O)c2cc(C(C)(C)C)cc(Oc3ccnc(OCCN(C)C)n3)c2N1C. The molecule has 0 radical (unpaired) electrons. The molecule has 1 aliphatic rings. The van der Waals surface area contributed by atoms with Gasteiger partial charge in [0.05, 0.1) is 11.9 Å². The fraction of sp³-hybridized carbons (Fsp3) is 0.542. The molecule has 2 N–H and O–H groups in total. The van der Waals surface area contributed by atoms with Crippen LogP contribution in [0, 0.1) is 0 Å². The monoisotopic (exact) mass is 537 g/mol. The zero-order chi connectivity index (χ0) is 27.8. The third-order valence-corrected chi connectivity index (χ3v) is 6.71. The van der Waals surface area contributed by atoms with Gasteiger partial charge < -0.3 is 29.1 Å². The number of anilines is 1. The van der Waals surface area contributed by atoms with Crippen LogP contribution in [0.1, 0.15) is 37.9 Å². The predicted octanol–water partition coefficient (Wildman–Crippen LogP) is 1.97. The van der Waals surface area contributed by atoms with E-state index in [2.05, 4.69) is 14.7 Å². The van der Waals surface area contributed by atoms with E-state index in [0.29, 0.717) is 24.4 Å². The normalized spacial score (nSPS) is 19.7. The number of ether oxygens (including phenoxy) is 3. The Balaban J connectivity index is 2.16. The van der Waals surface area contributed by atoms with Crippen molar-refractivity contribution in [2.75, 3.05) is 52.6 Å². The second kappa shape index (κ2) is 10.4. The standard InChI is InChI=1S/C24H35N5O7S/c1-23(2,3)15-13-16-19(29(6)24(34-7,21(30)31)20(16)27-37(8,32)33)17(14-15)36-18-9-10-25-22(26-18)35-12-11-28(4)5/h9-10,13-14,20,27H,11-12H2,1-8H3,(H,30,31). The van der Waals surface area contributed by atoms with Gasteiger partial charge in [0.1, 0.15) is 12.6 Å². The number of rotatable bonds is 10. The fourth-order valence-electron chi connectivity index (χ4n) is 4.14. The van der Waals surface area contributed by atoms with Gasteiger partial charge in [0, 0.05) is 38.5 Å². The van der Waals surface area contributed by atoms with Gasteiger partial charge in [0.25, 0.3) is 5.72 Å². The molecule has 0 saturated carbocycles. The summed E-state index contributed by atoms with van der Waals surface area (Å²) in [5.41, 5.74) is -0.895. The van der Waals surface area contributed by atoms with Crippen molar-refractivity contribution in [1.29, 1.82) is 0 Å². The number of likely N-dealkylation sites (N-methyl/N-ethyl adjacent to an activating group) is 2. The van der Waals surface area contributed by atoms with Gasteiger partial charge in [-0.15, -0.1) is 0 Å². The zero-order valence-electron chi connectivity index (χ0n) is 22.4. The quantitative estimate of drug-likeness (QED) is 0.459. The smallest absolute Gasteiger partial charge is 0.359 e. The number of nitrogens with zero attached hydrogens (tertiary/aromatic N) is 4. The van der Waals surface area contributed by atoms with E-state index in [4.69, 9.17) is 14.2 Å². The number of hydrogen-bond acceptors (Lipinski definition) is 10. The van der Waals surface area contributed by atoms with Gasteiger partial charge in [0.2, 0.25) is 15.9 Å². The average Bonchev–Trinajstić information content (AvgIpc) is 3.00. The molecule has 3 rings (SSSR count). The maximum absolute atomic E-state index is 12.6. The molecule has 12 nitrogen and oxygen atoms in total. The van der Waals surface area contributed by atoms with E-state index in [1.807, 2.05) is 39.8 Å². The maximum Gasteiger partial charge on any atom is 0.359 e. The van der Waals surface area contributed by atoms with Crippen molar-refractivity contribution in [3.05, 3.63) is 35.5 Å². The molecular weight excluding hydrogens is 502 g/mol. The summed E-state index contributed by atoms with van der Waals surface area (Å²) in [6.07, 6.45) is 2.46. The topological polar surface area (TPSA) is 143 Å². The number of nitrogens with one attached hydrogen (secondary N) is 1. The summed E-state index contributed by atoms with van der Waals surface area (Å²) < 4.78 is 44.4. The molecule has 204 valence electrons. The lowest BCUT2D eigenvalue weighted by atomic mass is 9.84. The summed E-state index contributed by atoms with van der Waals surface area (Å²) in [5, 5.41) is 10.3. The Bertz CT molecular complexity index is 1260. The van der Waals surface area contributed by atoms with Crippen molar-refractivity contribution in [1.82, 2.24) is 19.6 Å². The van der Waals surface area contributed by atoms with Crippen molar-refractivity contribution in [3.63, 3.8) is 0 Å². The average molecular weight is 538 g/mol. The number of carboxylic acid groups (broad SMARTS) is 1. The number of methoxy groups -OCH3 is 1. The fourth-order valence-corrected chi connectivity index (χ4v) is 4.85. The molecule has 2 unspecified atom stereocenters. The first-order valence-electron chi connectivity index (χ1n) is 11.6. The van der Waals surface area contributed by atoms with E-state index in [0.717, 1.165) is 11.8 Å². The van der Waals surface area contributed by atoms with Crippen LogP contribution < -0.4 is 19.1 Å². The first-order chi connectivity index (χ1) is 17.1. The highest BCUT2D eigenvalue weighted by atomic mass is 32.2. The Hall–Kier alpha value is -3.00. The van der Waals surface area contributed by atoms with Gasteiger partial charge in [-0.25, -0.2) is 22.9 Å². The summed E-state index contributed by atoms with van der Waals surface area (Å²) in [5.74, 6) is -0.908. The first kappa shape index (κ1) is 28.6. The molecule has 0 bridgehead atoms. The number of aromatic nitrogens is 2. The van der Waals surface area contributed by atoms with Crippen molar-refractivity contribution in [2.45, 2.75) is 38.0 Å². The molecule has 0 fully saturated rings. The highest BCUT2D eigenvalue weighted by Gasteiger charge is 2.59. The molecule has 13 heteroatoms. The summed E-state index contributed by atoms with van der Waals surface area (Å²) in [7, 11) is 2.75. The van der Waals surface area contributed by atoms with Gasteiger partial charge in [0.15, 0.2) is 5.75 Å². The molecule has 1 aliphatic heterocycles. The molecule has 0 aliphatic carbocycles. The summed E-state index contributed by atoms with van der Waals surface area (Å²) >= 11 is 0.